The van der Waals surface area contributed by atoms with Crippen molar-refractivity contribution < 1.29 is 14.3 Å². The molecule has 4 heteroatoms. The molecule has 0 atom stereocenters. The Hall–Kier alpha value is -2.88. The summed E-state index contributed by atoms with van der Waals surface area (Å²) in [7, 11) is 0. The molecule has 0 fully saturated rings. The van der Waals surface area contributed by atoms with E-state index in [-0.39, 0.29) is 5.56 Å². The Morgan fingerprint density at radius 1 is 1.14 bits per heavy atom. The number of hydrogen-bond acceptors (Lipinski definition) is 3. The van der Waals surface area contributed by atoms with Gasteiger partial charge in [0.25, 0.3) is 0 Å². The molecular weight excluding hydrogens is 278 g/mol. The molecular formula is C18H15NO3. The van der Waals surface area contributed by atoms with E-state index >= 15 is 0 Å². The van der Waals surface area contributed by atoms with Crippen molar-refractivity contribution in [2.24, 2.45) is 0 Å². The van der Waals surface area contributed by atoms with Crippen LogP contribution in [-0.4, -0.2) is 16.1 Å². The predicted octanol–water partition coefficient (Wildman–Crippen LogP) is 4.32. The maximum absolute atomic E-state index is 11.0. The third-order valence-electron chi connectivity index (χ3n) is 3.52. The summed E-state index contributed by atoms with van der Waals surface area (Å²) in [4.78, 5) is 15.5. The molecule has 4 nitrogen and oxygen atoms in total. The van der Waals surface area contributed by atoms with Crippen molar-refractivity contribution in [3.8, 4) is 22.7 Å². The molecule has 0 aliphatic carbocycles. The SMILES string of the molecule is Cc1ccc(-c2coc(-c3cccc(C(=O)O)c3)n2)c(C)c1. The Morgan fingerprint density at radius 2 is 1.95 bits per heavy atom. The molecule has 1 heterocycles. The Kier molecular flexibility index (Phi) is 3.51. The fourth-order valence-corrected chi connectivity index (χ4v) is 2.42. The minimum absolute atomic E-state index is 0.212. The lowest BCUT2D eigenvalue weighted by Crippen LogP contribution is -1.95. The first-order chi connectivity index (χ1) is 10.5. The molecule has 1 aromatic heterocycles. The first kappa shape index (κ1) is 14.1. The molecule has 0 saturated carbocycles. The highest BCUT2D eigenvalue weighted by atomic mass is 16.4. The number of carbonyl (C=O) groups is 1. The topological polar surface area (TPSA) is 63.3 Å². The molecule has 0 bridgehead atoms. The van der Waals surface area contributed by atoms with E-state index in [1.165, 1.54) is 5.56 Å². The molecule has 0 aliphatic rings. The number of rotatable bonds is 3. The van der Waals surface area contributed by atoms with E-state index in [4.69, 9.17) is 9.52 Å². The van der Waals surface area contributed by atoms with Crippen molar-refractivity contribution in [3.63, 3.8) is 0 Å². The van der Waals surface area contributed by atoms with Crippen molar-refractivity contribution >= 4 is 5.97 Å². The first-order valence-corrected chi connectivity index (χ1v) is 6.91. The van der Waals surface area contributed by atoms with Crippen LogP contribution in [0.15, 0.2) is 53.1 Å². The van der Waals surface area contributed by atoms with Crippen molar-refractivity contribution in [2.75, 3.05) is 0 Å². The summed E-state index contributed by atoms with van der Waals surface area (Å²) >= 11 is 0. The number of aromatic carboxylic acids is 1. The fraction of sp³-hybridized carbons (Fsp3) is 0.111. The zero-order valence-corrected chi connectivity index (χ0v) is 12.3. The summed E-state index contributed by atoms with van der Waals surface area (Å²) in [5, 5.41) is 9.05. The molecule has 22 heavy (non-hydrogen) atoms. The molecule has 110 valence electrons. The molecule has 0 spiro atoms. The van der Waals surface area contributed by atoms with Crippen LogP contribution in [0.25, 0.3) is 22.7 Å². The zero-order chi connectivity index (χ0) is 15.7. The summed E-state index contributed by atoms with van der Waals surface area (Å²) in [6.45, 7) is 4.07. The highest BCUT2D eigenvalue weighted by molar-refractivity contribution is 5.89. The summed E-state index contributed by atoms with van der Waals surface area (Å²) in [5.41, 5.74) is 4.93. The number of carboxylic acid groups (broad SMARTS) is 1. The lowest BCUT2D eigenvalue weighted by atomic mass is 10.0. The second kappa shape index (κ2) is 5.48. The average Bonchev–Trinajstić information content (AvgIpc) is 2.97. The number of aryl methyl sites for hydroxylation is 2. The smallest absolute Gasteiger partial charge is 0.335 e. The van der Waals surface area contributed by atoms with E-state index in [0.717, 1.165) is 16.8 Å². The van der Waals surface area contributed by atoms with Crippen molar-refractivity contribution in [3.05, 3.63) is 65.4 Å². The van der Waals surface area contributed by atoms with E-state index in [0.29, 0.717) is 11.5 Å². The molecule has 0 saturated heterocycles. The standard InChI is InChI=1S/C18H15NO3/c1-11-6-7-15(12(2)8-11)16-10-22-17(19-16)13-4-3-5-14(9-13)18(20)21/h3-10H,1-2H3,(H,20,21). The van der Waals surface area contributed by atoms with Gasteiger partial charge in [-0.15, -0.1) is 0 Å². The van der Waals surface area contributed by atoms with Gasteiger partial charge in [-0.3, -0.25) is 0 Å². The van der Waals surface area contributed by atoms with Crippen LogP contribution in [0, 0.1) is 13.8 Å². The van der Waals surface area contributed by atoms with Crippen LogP contribution >= 0.6 is 0 Å². The third kappa shape index (κ3) is 2.63. The maximum atomic E-state index is 11.0. The van der Waals surface area contributed by atoms with Gasteiger partial charge in [-0.1, -0.05) is 29.8 Å². The van der Waals surface area contributed by atoms with E-state index in [2.05, 4.69) is 11.1 Å². The highest BCUT2D eigenvalue weighted by Crippen LogP contribution is 2.27. The molecule has 3 rings (SSSR count). The van der Waals surface area contributed by atoms with Gasteiger partial charge >= 0.3 is 5.97 Å². The summed E-state index contributed by atoms with van der Waals surface area (Å²) in [6.07, 6.45) is 1.60. The molecule has 0 amide bonds. The van der Waals surface area contributed by atoms with Gasteiger partial charge in [-0.05, 0) is 37.6 Å². The largest absolute Gasteiger partial charge is 0.478 e. The predicted molar refractivity (Wildman–Crippen MR) is 83.8 cm³/mol. The van der Waals surface area contributed by atoms with Crippen molar-refractivity contribution in [1.82, 2.24) is 4.98 Å². The van der Waals surface area contributed by atoms with Crippen LogP contribution < -0.4 is 0 Å². The quantitative estimate of drug-likeness (QED) is 0.781. The minimum atomic E-state index is -0.969. The van der Waals surface area contributed by atoms with Gasteiger partial charge < -0.3 is 9.52 Å². The van der Waals surface area contributed by atoms with Gasteiger partial charge in [0.05, 0.1) is 5.56 Å². The normalized spacial score (nSPS) is 10.6. The maximum Gasteiger partial charge on any atom is 0.335 e. The lowest BCUT2D eigenvalue weighted by Gasteiger charge is -2.02. The molecule has 0 aliphatic heterocycles. The lowest BCUT2D eigenvalue weighted by molar-refractivity contribution is 0.0697. The Bertz CT molecular complexity index is 849. The van der Waals surface area contributed by atoms with Crippen LogP contribution in [0.2, 0.25) is 0 Å². The number of hydrogen-bond donors (Lipinski definition) is 1. The van der Waals surface area contributed by atoms with E-state index in [1.54, 1.807) is 30.5 Å². The van der Waals surface area contributed by atoms with E-state index in [1.807, 2.05) is 26.0 Å². The van der Waals surface area contributed by atoms with Crippen LogP contribution in [0.3, 0.4) is 0 Å². The number of benzene rings is 2. The van der Waals surface area contributed by atoms with E-state index < -0.39 is 5.97 Å². The Balaban J connectivity index is 2.00. The molecule has 1 N–H and O–H groups in total. The Labute approximate surface area is 128 Å². The van der Waals surface area contributed by atoms with Gasteiger partial charge in [0, 0.05) is 11.1 Å². The van der Waals surface area contributed by atoms with E-state index in [9.17, 15) is 4.79 Å². The summed E-state index contributed by atoms with van der Waals surface area (Å²) in [6, 6.07) is 12.7. The van der Waals surface area contributed by atoms with Crippen LogP contribution in [0.1, 0.15) is 21.5 Å². The molecule has 2 aromatic carbocycles. The average molecular weight is 293 g/mol. The number of aromatic nitrogens is 1. The summed E-state index contributed by atoms with van der Waals surface area (Å²) in [5.74, 6) is -0.555. The monoisotopic (exact) mass is 293 g/mol. The van der Waals surface area contributed by atoms with Gasteiger partial charge in [-0.25, -0.2) is 9.78 Å². The number of nitrogens with zero attached hydrogens (tertiary/aromatic N) is 1. The van der Waals surface area contributed by atoms with Gasteiger partial charge in [0.1, 0.15) is 12.0 Å². The van der Waals surface area contributed by atoms with Crippen LogP contribution in [-0.2, 0) is 0 Å². The Morgan fingerprint density at radius 3 is 2.68 bits per heavy atom. The molecule has 0 unspecified atom stereocenters. The summed E-state index contributed by atoms with van der Waals surface area (Å²) < 4.78 is 5.52. The van der Waals surface area contributed by atoms with Gasteiger partial charge in [0.2, 0.25) is 5.89 Å². The van der Waals surface area contributed by atoms with Gasteiger partial charge in [-0.2, -0.15) is 0 Å². The van der Waals surface area contributed by atoms with Gasteiger partial charge in [0.15, 0.2) is 0 Å². The third-order valence-corrected chi connectivity index (χ3v) is 3.52. The molecule has 3 aromatic rings. The second-order valence-corrected chi connectivity index (χ2v) is 5.24. The fourth-order valence-electron chi connectivity index (χ4n) is 2.42. The second-order valence-electron chi connectivity index (χ2n) is 5.24. The first-order valence-electron chi connectivity index (χ1n) is 6.91. The number of carboxylic acids is 1. The minimum Gasteiger partial charge on any atom is -0.478 e. The molecule has 0 radical (unpaired) electrons. The highest BCUT2D eigenvalue weighted by Gasteiger charge is 2.12. The van der Waals surface area contributed by atoms with Crippen LogP contribution in [0.5, 0.6) is 0 Å². The van der Waals surface area contributed by atoms with Crippen LogP contribution in [0.4, 0.5) is 0 Å². The zero-order valence-electron chi connectivity index (χ0n) is 12.3. The number of oxazole rings is 1. The van der Waals surface area contributed by atoms with Crippen molar-refractivity contribution in [1.29, 1.82) is 0 Å². The van der Waals surface area contributed by atoms with Crippen molar-refractivity contribution in [2.45, 2.75) is 13.8 Å².